The molecule has 0 atom stereocenters. The molecule has 4 aromatic rings. The molecule has 29 heavy (non-hydrogen) atoms. The van der Waals surface area contributed by atoms with E-state index >= 15 is 0 Å². The molecule has 2 heterocycles. The Hall–Kier alpha value is -2.19. The molecule has 0 spiro atoms. The van der Waals surface area contributed by atoms with Crippen LogP contribution in [-0.2, 0) is 4.79 Å². The van der Waals surface area contributed by atoms with Crippen LogP contribution >= 0.6 is 45.9 Å². The fraction of sp³-hybridized carbons (Fsp3) is 0.150. The van der Waals surface area contributed by atoms with Gasteiger partial charge in [-0.25, -0.2) is 4.98 Å². The maximum absolute atomic E-state index is 12.8. The van der Waals surface area contributed by atoms with Crippen molar-refractivity contribution < 1.29 is 9.59 Å². The number of nitrogens with one attached hydrogen (secondary N) is 2. The lowest BCUT2D eigenvalue weighted by atomic mass is 10.2. The number of amides is 2. The van der Waals surface area contributed by atoms with Crippen LogP contribution in [0.5, 0.6) is 0 Å². The summed E-state index contributed by atoms with van der Waals surface area (Å²) >= 11 is 15.1. The Kier molecular flexibility index (Phi) is 5.74. The summed E-state index contributed by atoms with van der Waals surface area (Å²) in [5, 5.41) is 8.05. The summed E-state index contributed by atoms with van der Waals surface area (Å²) in [7, 11) is 0. The average Bonchev–Trinajstić information content (AvgIpc) is 3.21. The van der Waals surface area contributed by atoms with Crippen LogP contribution in [0.15, 0.2) is 36.4 Å². The number of fused-ring (bicyclic) bond motifs is 2. The van der Waals surface area contributed by atoms with E-state index in [9.17, 15) is 9.59 Å². The molecule has 0 saturated carbocycles. The summed E-state index contributed by atoms with van der Waals surface area (Å²) in [5.74, 6) is -0.341. The number of thiazole rings is 1. The second-order valence-electron chi connectivity index (χ2n) is 6.34. The van der Waals surface area contributed by atoms with Crippen molar-refractivity contribution in [2.45, 2.75) is 19.8 Å². The summed E-state index contributed by atoms with van der Waals surface area (Å²) in [6.45, 7) is 1.95. The minimum Gasteiger partial charge on any atom is -0.321 e. The van der Waals surface area contributed by atoms with Crippen LogP contribution in [-0.4, -0.2) is 16.8 Å². The number of halogens is 2. The first-order valence-electron chi connectivity index (χ1n) is 8.84. The minimum atomic E-state index is -0.285. The highest BCUT2D eigenvalue weighted by molar-refractivity contribution is 7.22. The standard InChI is InChI=1S/C20H15Cl2N3O2S2/c1-2-3-16(26)25-20-24-13-7-5-11(9-15(13)29-20)23-19(27)18-17(22)12-6-4-10(21)8-14(12)28-18/h4-9H,2-3H2,1H3,(H,23,27)(H,24,25,26). The molecule has 0 unspecified atom stereocenters. The molecule has 2 N–H and O–H groups in total. The van der Waals surface area contributed by atoms with Crippen LogP contribution in [0.3, 0.4) is 0 Å². The van der Waals surface area contributed by atoms with E-state index in [-0.39, 0.29) is 11.8 Å². The first-order chi connectivity index (χ1) is 13.9. The molecule has 2 aromatic heterocycles. The summed E-state index contributed by atoms with van der Waals surface area (Å²) in [4.78, 5) is 29.4. The highest BCUT2D eigenvalue weighted by Gasteiger charge is 2.18. The van der Waals surface area contributed by atoms with Gasteiger partial charge in [-0.3, -0.25) is 9.59 Å². The van der Waals surface area contributed by atoms with Gasteiger partial charge in [0.05, 0.1) is 15.2 Å². The van der Waals surface area contributed by atoms with Crippen LogP contribution in [0.4, 0.5) is 10.8 Å². The lowest BCUT2D eigenvalue weighted by Crippen LogP contribution is -2.10. The fourth-order valence-corrected chi connectivity index (χ4v) is 5.45. The van der Waals surface area contributed by atoms with Crippen molar-refractivity contribution in [3.63, 3.8) is 0 Å². The maximum Gasteiger partial charge on any atom is 0.267 e. The zero-order chi connectivity index (χ0) is 20.5. The summed E-state index contributed by atoms with van der Waals surface area (Å²) < 4.78 is 1.72. The second-order valence-corrected chi connectivity index (χ2v) is 9.24. The molecule has 0 bridgehead atoms. The smallest absolute Gasteiger partial charge is 0.267 e. The van der Waals surface area contributed by atoms with E-state index in [1.807, 2.05) is 25.1 Å². The van der Waals surface area contributed by atoms with E-state index in [4.69, 9.17) is 23.2 Å². The highest BCUT2D eigenvalue weighted by atomic mass is 35.5. The predicted octanol–water partition coefficient (Wildman–Crippen LogP) is 6.81. The van der Waals surface area contributed by atoms with Gasteiger partial charge >= 0.3 is 0 Å². The Balaban J connectivity index is 1.56. The number of benzene rings is 2. The van der Waals surface area contributed by atoms with Crippen LogP contribution in [0, 0.1) is 0 Å². The fourth-order valence-electron chi connectivity index (χ4n) is 2.84. The normalized spacial score (nSPS) is 11.1. The van der Waals surface area contributed by atoms with Gasteiger partial charge in [-0.2, -0.15) is 0 Å². The van der Waals surface area contributed by atoms with Gasteiger partial charge in [0.1, 0.15) is 4.88 Å². The summed E-state index contributed by atoms with van der Waals surface area (Å²) in [6, 6.07) is 10.8. The quantitative estimate of drug-likeness (QED) is 0.341. The monoisotopic (exact) mass is 463 g/mol. The third-order valence-electron chi connectivity index (χ3n) is 4.17. The first kappa shape index (κ1) is 20.1. The van der Waals surface area contributed by atoms with Crippen molar-refractivity contribution >= 4 is 88.8 Å². The van der Waals surface area contributed by atoms with E-state index < -0.39 is 0 Å². The molecule has 148 valence electrons. The van der Waals surface area contributed by atoms with Gasteiger partial charge in [-0.05, 0) is 36.8 Å². The zero-order valence-corrected chi connectivity index (χ0v) is 18.4. The lowest BCUT2D eigenvalue weighted by Gasteiger charge is -2.03. The van der Waals surface area contributed by atoms with E-state index in [1.165, 1.54) is 22.7 Å². The summed E-state index contributed by atoms with van der Waals surface area (Å²) in [5.41, 5.74) is 1.39. The van der Waals surface area contributed by atoms with Gasteiger partial charge in [0.15, 0.2) is 5.13 Å². The molecule has 0 fully saturated rings. The molecule has 2 amide bonds. The van der Waals surface area contributed by atoms with E-state index in [0.29, 0.717) is 32.2 Å². The van der Waals surface area contributed by atoms with Crippen LogP contribution < -0.4 is 10.6 Å². The Bertz CT molecular complexity index is 1250. The van der Waals surface area contributed by atoms with Crippen molar-refractivity contribution in [1.82, 2.24) is 4.98 Å². The molecule has 5 nitrogen and oxygen atoms in total. The molecule has 0 aliphatic rings. The van der Waals surface area contributed by atoms with Gasteiger partial charge < -0.3 is 10.6 Å². The van der Waals surface area contributed by atoms with Crippen LogP contribution in [0.2, 0.25) is 10.0 Å². The summed E-state index contributed by atoms with van der Waals surface area (Å²) in [6.07, 6.45) is 1.23. The SMILES string of the molecule is CCCC(=O)Nc1nc2ccc(NC(=O)c3sc4cc(Cl)ccc4c3Cl)cc2s1. The van der Waals surface area contributed by atoms with Crippen molar-refractivity contribution in [1.29, 1.82) is 0 Å². The molecule has 4 rings (SSSR count). The molecule has 0 aliphatic carbocycles. The number of carbonyl (C=O) groups excluding carboxylic acids is 2. The Morgan fingerprint density at radius 1 is 1.03 bits per heavy atom. The van der Waals surface area contributed by atoms with Gasteiger partial charge in [0.2, 0.25) is 5.91 Å². The Morgan fingerprint density at radius 2 is 1.86 bits per heavy atom. The van der Waals surface area contributed by atoms with E-state index in [2.05, 4.69) is 15.6 Å². The second kappa shape index (κ2) is 8.28. The molecule has 0 saturated heterocycles. The third kappa shape index (κ3) is 4.23. The highest BCUT2D eigenvalue weighted by Crippen LogP contribution is 2.37. The van der Waals surface area contributed by atoms with Crippen molar-refractivity contribution in [3.8, 4) is 0 Å². The average molecular weight is 464 g/mol. The zero-order valence-electron chi connectivity index (χ0n) is 15.2. The maximum atomic E-state index is 12.8. The number of carbonyl (C=O) groups is 2. The number of rotatable bonds is 5. The molecular weight excluding hydrogens is 449 g/mol. The molecule has 9 heteroatoms. The number of thiophene rings is 1. The van der Waals surface area contributed by atoms with Crippen molar-refractivity contribution in [2.75, 3.05) is 10.6 Å². The Labute approximate surface area is 184 Å². The minimum absolute atomic E-state index is 0.0559. The predicted molar refractivity (Wildman–Crippen MR) is 123 cm³/mol. The van der Waals surface area contributed by atoms with Gasteiger partial charge in [-0.15, -0.1) is 11.3 Å². The van der Waals surface area contributed by atoms with Crippen molar-refractivity contribution in [3.05, 3.63) is 51.3 Å². The molecule has 2 aromatic carbocycles. The number of hydrogen-bond acceptors (Lipinski definition) is 5. The van der Waals surface area contributed by atoms with Crippen LogP contribution in [0.25, 0.3) is 20.3 Å². The van der Waals surface area contributed by atoms with Gasteiger partial charge in [0, 0.05) is 27.2 Å². The number of aromatic nitrogens is 1. The molecular formula is C20H15Cl2N3O2S2. The number of hydrogen-bond donors (Lipinski definition) is 2. The van der Waals surface area contributed by atoms with Gasteiger partial charge in [-0.1, -0.05) is 47.5 Å². The third-order valence-corrected chi connectivity index (χ3v) is 6.99. The van der Waals surface area contributed by atoms with Crippen LogP contribution in [0.1, 0.15) is 29.4 Å². The number of nitrogens with zero attached hydrogens (tertiary/aromatic N) is 1. The molecule has 0 radical (unpaired) electrons. The van der Waals surface area contributed by atoms with Crippen molar-refractivity contribution in [2.24, 2.45) is 0 Å². The van der Waals surface area contributed by atoms with E-state index in [0.717, 1.165) is 26.7 Å². The Morgan fingerprint density at radius 3 is 2.66 bits per heavy atom. The topological polar surface area (TPSA) is 71.1 Å². The van der Waals surface area contributed by atoms with Gasteiger partial charge in [0.25, 0.3) is 5.91 Å². The number of anilines is 2. The van der Waals surface area contributed by atoms with E-state index in [1.54, 1.807) is 18.2 Å². The first-order valence-corrected chi connectivity index (χ1v) is 11.2. The largest absolute Gasteiger partial charge is 0.321 e. The molecule has 0 aliphatic heterocycles. The lowest BCUT2D eigenvalue weighted by molar-refractivity contribution is -0.116.